The molecule has 0 fully saturated rings. The maximum absolute atomic E-state index is 11.4. The minimum atomic E-state index is -2.76. The van der Waals surface area contributed by atoms with Crippen LogP contribution < -0.4 is 0 Å². The first-order valence-corrected chi connectivity index (χ1v) is 7.69. The number of benzene rings is 1. The topological polar surface area (TPSA) is 66.8 Å². The van der Waals surface area contributed by atoms with Crippen LogP contribution in [0.15, 0.2) is 24.3 Å². The number of phenols is 1. The normalized spacial score (nSPS) is 14.2. The largest absolute Gasteiger partial charge is 0.695 e. The first-order valence-electron chi connectivity index (χ1n) is 6.56. The quantitative estimate of drug-likeness (QED) is 0.814. The lowest BCUT2D eigenvalue weighted by atomic mass is 9.59. The number of aromatic hydroxyl groups is 1. The van der Waals surface area contributed by atoms with Crippen LogP contribution in [0.3, 0.4) is 0 Å². The number of rotatable bonds is 3. The SMILES string of the molecule is CC(C)(C)C(O[P+](=O)O)(c1ccc(O)cc1)C(C)(C)C. The highest BCUT2D eigenvalue weighted by atomic mass is 31.1. The van der Waals surface area contributed by atoms with Gasteiger partial charge in [-0.3, -0.25) is 0 Å². The summed E-state index contributed by atoms with van der Waals surface area (Å²) in [6.07, 6.45) is 0. The predicted molar refractivity (Wildman–Crippen MR) is 79.6 cm³/mol. The zero-order valence-corrected chi connectivity index (χ0v) is 13.9. The zero-order valence-electron chi connectivity index (χ0n) is 13.0. The molecule has 0 bridgehead atoms. The van der Waals surface area contributed by atoms with Crippen molar-refractivity contribution in [2.24, 2.45) is 10.8 Å². The monoisotopic (exact) mass is 299 g/mol. The van der Waals surface area contributed by atoms with Crippen LogP contribution in [0.1, 0.15) is 47.1 Å². The van der Waals surface area contributed by atoms with Gasteiger partial charge in [0.15, 0.2) is 5.60 Å². The van der Waals surface area contributed by atoms with Gasteiger partial charge in [0.2, 0.25) is 0 Å². The van der Waals surface area contributed by atoms with Crippen molar-refractivity contribution in [1.29, 1.82) is 0 Å². The third-order valence-electron chi connectivity index (χ3n) is 3.60. The summed E-state index contributed by atoms with van der Waals surface area (Å²) in [5.74, 6) is 0.152. The molecule has 0 saturated carbocycles. The second-order valence-electron chi connectivity index (χ2n) is 7.06. The Hall–Kier alpha value is -0.960. The molecule has 0 aromatic heterocycles. The first kappa shape index (κ1) is 17.1. The molecule has 0 spiro atoms. The summed E-state index contributed by atoms with van der Waals surface area (Å²) in [4.78, 5) is 9.37. The Balaban J connectivity index is 3.61. The minimum absolute atomic E-state index is 0.152. The average Bonchev–Trinajstić information content (AvgIpc) is 2.23. The van der Waals surface area contributed by atoms with E-state index in [1.807, 2.05) is 41.5 Å². The van der Waals surface area contributed by atoms with Gasteiger partial charge in [0, 0.05) is 15.4 Å². The Morgan fingerprint density at radius 3 is 1.65 bits per heavy atom. The van der Waals surface area contributed by atoms with Crippen LogP contribution in [0.2, 0.25) is 0 Å². The van der Waals surface area contributed by atoms with Crippen LogP contribution >= 0.6 is 8.25 Å². The van der Waals surface area contributed by atoms with E-state index in [9.17, 15) is 14.6 Å². The van der Waals surface area contributed by atoms with E-state index in [1.165, 1.54) is 0 Å². The Morgan fingerprint density at radius 1 is 0.950 bits per heavy atom. The molecule has 1 atom stereocenters. The molecule has 112 valence electrons. The van der Waals surface area contributed by atoms with E-state index >= 15 is 0 Å². The standard InChI is InChI=1S/C15H23O4P/c1-13(2,3)15(14(4,5)6,19-20(17)18)11-7-9-12(16)10-8-11/h7-10H,1-6H3,(H-,16,17,18)/p+1. The molecule has 0 radical (unpaired) electrons. The van der Waals surface area contributed by atoms with Crippen LogP contribution in [0.25, 0.3) is 0 Å². The highest BCUT2D eigenvalue weighted by Crippen LogP contribution is 2.57. The van der Waals surface area contributed by atoms with Crippen molar-refractivity contribution in [3.8, 4) is 5.75 Å². The molecule has 2 N–H and O–H groups in total. The van der Waals surface area contributed by atoms with E-state index in [2.05, 4.69) is 0 Å². The summed E-state index contributed by atoms with van der Waals surface area (Å²) in [5.41, 5.74) is -1.03. The fraction of sp³-hybridized carbons (Fsp3) is 0.600. The van der Waals surface area contributed by atoms with Gasteiger partial charge in [-0.25, -0.2) is 0 Å². The molecule has 1 rings (SSSR count). The fourth-order valence-electron chi connectivity index (χ4n) is 3.13. The van der Waals surface area contributed by atoms with Crippen molar-refractivity contribution in [3.63, 3.8) is 0 Å². The van der Waals surface area contributed by atoms with Crippen molar-refractivity contribution in [2.45, 2.75) is 47.1 Å². The second-order valence-corrected chi connectivity index (χ2v) is 7.72. The highest BCUT2D eigenvalue weighted by Gasteiger charge is 2.58. The summed E-state index contributed by atoms with van der Waals surface area (Å²) >= 11 is 0. The van der Waals surface area contributed by atoms with Gasteiger partial charge in [-0.2, -0.15) is 0 Å². The number of hydrogen-bond donors (Lipinski definition) is 2. The van der Waals surface area contributed by atoms with Crippen molar-refractivity contribution in [3.05, 3.63) is 29.8 Å². The fourth-order valence-corrected chi connectivity index (χ4v) is 4.02. The molecular weight excluding hydrogens is 275 g/mol. The van der Waals surface area contributed by atoms with Gasteiger partial charge < -0.3 is 5.11 Å². The van der Waals surface area contributed by atoms with Gasteiger partial charge in [0.1, 0.15) is 5.75 Å². The Kier molecular flexibility index (Phi) is 4.65. The summed E-state index contributed by atoms with van der Waals surface area (Å²) in [5, 5.41) is 9.46. The first-order chi connectivity index (χ1) is 8.92. The van der Waals surface area contributed by atoms with Crippen LogP contribution in [0.5, 0.6) is 5.75 Å². The van der Waals surface area contributed by atoms with Crippen LogP contribution in [-0.4, -0.2) is 10.00 Å². The number of phenolic OH excluding ortho intramolecular Hbond substituents is 1. The molecule has 0 amide bonds. The summed E-state index contributed by atoms with van der Waals surface area (Å²) in [6.45, 7) is 11.9. The Labute approximate surface area is 121 Å². The lowest BCUT2D eigenvalue weighted by molar-refractivity contribution is -0.123. The Morgan fingerprint density at radius 2 is 1.35 bits per heavy atom. The third-order valence-corrected chi connectivity index (χ3v) is 4.03. The van der Waals surface area contributed by atoms with Crippen molar-refractivity contribution in [1.82, 2.24) is 0 Å². The molecule has 0 aliphatic carbocycles. The zero-order chi connectivity index (χ0) is 15.8. The summed E-state index contributed by atoms with van der Waals surface area (Å²) < 4.78 is 17.0. The van der Waals surface area contributed by atoms with Crippen LogP contribution in [0, 0.1) is 10.8 Å². The van der Waals surface area contributed by atoms with E-state index in [-0.39, 0.29) is 5.75 Å². The van der Waals surface area contributed by atoms with E-state index in [0.29, 0.717) is 0 Å². The Bertz CT molecular complexity index is 466. The van der Waals surface area contributed by atoms with Crippen molar-refractivity contribution >= 4 is 8.25 Å². The van der Waals surface area contributed by atoms with Crippen LogP contribution in [0.4, 0.5) is 0 Å². The molecule has 0 aliphatic heterocycles. The number of hydrogen-bond acceptors (Lipinski definition) is 3. The van der Waals surface area contributed by atoms with Crippen LogP contribution in [-0.2, 0) is 14.7 Å². The molecule has 1 unspecified atom stereocenters. The maximum atomic E-state index is 11.4. The van der Waals surface area contributed by atoms with Crippen molar-refractivity contribution < 1.29 is 19.1 Å². The molecule has 5 heteroatoms. The molecule has 4 nitrogen and oxygen atoms in total. The van der Waals surface area contributed by atoms with E-state index in [4.69, 9.17) is 4.52 Å². The van der Waals surface area contributed by atoms with Gasteiger partial charge in [-0.15, -0.1) is 9.42 Å². The summed E-state index contributed by atoms with van der Waals surface area (Å²) in [7, 11) is -2.76. The van der Waals surface area contributed by atoms with Gasteiger partial charge >= 0.3 is 8.25 Å². The molecular formula is C15H24O4P+. The van der Waals surface area contributed by atoms with Crippen molar-refractivity contribution in [2.75, 3.05) is 0 Å². The van der Waals surface area contributed by atoms with E-state index in [0.717, 1.165) is 5.56 Å². The maximum Gasteiger partial charge on any atom is 0.695 e. The lowest BCUT2D eigenvalue weighted by Gasteiger charge is -2.48. The van der Waals surface area contributed by atoms with Gasteiger partial charge in [-0.1, -0.05) is 53.7 Å². The van der Waals surface area contributed by atoms with E-state index in [1.54, 1.807) is 24.3 Å². The van der Waals surface area contributed by atoms with Gasteiger partial charge in [-0.05, 0) is 17.7 Å². The second kappa shape index (κ2) is 5.44. The molecule has 1 aromatic rings. The molecule has 0 heterocycles. The predicted octanol–water partition coefficient (Wildman–Crippen LogP) is 4.35. The molecule has 0 saturated heterocycles. The van der Waals surface area contributed by atoms with E-state index < -0.39 is 24.7 Å². The van der Waals surface area contributed by atoms with Gasteiger partial charge in [0.05, 0.1) is 0 Å². The van der Waals surface area contributed by atoms with Gasteiger partial charge in [0.25, 0.3) is 0 Å². The minimum Gasteiger partial charge on any atom is -0.508 e. The smallest absolute Gasteiger partial charge is 0.508 e. The molecule has 0 aliphatic rings. The molecule has 20 heavy (non-hydrogen) atoms. The molecule has 1 aromatic carbocycles. The third kappa shape index (κ3) is 3.03. The lowest BCUT2D eigenvalue weighted by Crippen LogP contribution is -2.51. The summed E-state index contributed by atoms with van der Waals surface area (Å²) in [6, 6.07) is 6.61. The average molecular weight is 299 g/mol. The highest BCUT2D eigenvalue weighted by molar-refractivity contribution is 7.32.